The minimum Gasteiger partial charge on any atom is -0.395 e. The zero-order valence-corrected chi connectivity index (χ0v) is 20.1. The zero-order chi connectivity index (χ0) is 23.4. The second-order valence-corrected chi connectivity index (χ2v) is 6.78. The molecule has 1 rings (SSSR count). The number of aliphatic hydroxyl groups excluding tert-OH is 1. The summed E-state index contributed by atoms with van der Waals surface area (Å²) in [6.45, 7) is 12.0. The van der Waals surface area contributed by atoms with Crippen molar-refractivity contribution in [3.8, 4) is 0 Å². The van der Waals surface area contributed by atoms with Crippen LogP contribution in [0.3, 0.4) is 0 Å². The molecule has 11 heteroatoms. The molecule has 4 N–H and O–H groups in total. The largest absolute Gasteiger partial charge is 0.395 e. The predicted molar refractivity (Wildman–Crippen MR) is 125 cm³/mol. The first-order chi connectivity index (χ1) is 15.7. The van der Waals surface area contributed by atoms with Gasteiger partial charge in [-0.05, 0) is 40.5 Å². The van der Waals surface area contributed by atoms with Crippen LogP contribution in [0.25, 0.3) is 0 Å². The molecule has 0 unspecified atom stereocenters. The molecule has 1 aromatic heterocycles. The minimum atomic E-state index is -0.193. The van der Waals surface area contributed by atoms with Gasteiger partial charge in [0.1, 0.15) is 0 Å². The van der Waals surface area contributed by atoms with Crippen molar-refractivity contribution in [2.75, 3.05) is 68.6 Å². The summed E-state index contributed by atoms with van der Waals surface area (Å²) < 4.78 is 22.3. The third-order valence-corrected chi connectivity index (χ3v) is 4.24. The van der Waals surface area contributed by atoms with E-state index in [4.69, 9.17) is 24.1 Å². The van der Waals surface area contributed by atoms with E-state index in [0.29, 0.717) is 63.9 Å². The summed E-state index contributed by atoms with van der Waals surface area (Å²) in [5.74, 6) is 1.34. The zero-order valence-electron chi connectivity index (χ0n) is 20.1. The van der Waals surface area contributed by atoms with Crippen molar-refractivity contribution in [3.63, 3.8) is 0 Å². The summed E-state index contributed by atoms with van der Waals surface area (Å²) in [6, 6.07) is 0. The molecule has 0 bridgehead atoms. The van der Waals surface area contributed by atoms with E-state index in [9.17, 15) is 0 Å². The van der Waals surface area contributed by atoms with Crippen LogP contribution in [0.2, 0.25) is 0 Å². The van der Waals surface area contributed by atoms with Gasteiger partial charge in [0.15, 0.2) is 12.6 Å². The topological polar surface area (TPSA) is 132 Å². The summed E-state index contributed by atoms with van der Waals surface area (Å²) in [5, 5.41) is 18.5. The Balaban J connectivity index is 2.57. The van der Waals surface area contributed by atoms with Crippen molar-refractivity contribution in [3.05, 3.63) is 0 Å². The second kappa shape index (κ2) is 18.8. The monoisotopic (exact) mass is 458 g/mol. The Morgan fingerprint density at radius 3 is 1.28 bits per heavy atom. The highest BCUT2D eigenvalue weighted by molar-refractivity contribution is 5.42. The van der Waals surface area contributed by atoms with Gasteiger partial charge in [-0.2, -0.15) is 15.0 Å². The first kappa shape index (κ1) is 28.2. The Morgan fingerprint density at radius 1 is 0.625 bits per heavy atom. The lowest BCUT2D eigenvalue weighted by atomic mass is 10.3. The third-order valence-electron chi connectivity index (χ3n) is 4.24. The van der Waals surface area contributed by atoms with Crippen LogP contribution in [0.4, 0.5) is 17.8 Å². The van der Waals surface area contributed by atoms with Crippen LogP contribution in [-0.2, 0) is 18.9 Å². The first-order valence-corrected chi connectivity index (χ1v) is 11.7. The Hall–Kier alpha value is -1.79. The number of aromatic nitrogens is 3. The summed E-state index contributed by atoms with van der Waals surface area (Å²) in [6.07, 6.45) is 2.86. The van der Waals surface area contributed by atoms with E-state index < -0.39 is 0 Å². The molecule has 186 valence electrons. The van der Waals surface area contributed by atoms with Gasteiger partial charge in [0, 0.05) is 58.9 Å². The maximum atomic E-state index is 9.08. The summed E-state index contributed by atoms with van der Waals surface area (Å²) >= 11 is 0. The Morgan fingerprint density at radius 2 is 0.969 bits per heavy atom. The van der Waals surface area contributed by atoms with Gasteiger partial charge in [0.05, 0.1) is 6.61 Å². The van der Waals surface area contributed by atoms with Gasteiger partial charge < -0.3 is 40.0 Å². The molecule has 0 radical (unpaired) electrons. The number of nitrogens with zero attached hydrogens (tertiary/aromatic N) is 3. The summed E-state index contributed by atoms with van der Waals surface area (Å²) in [4.78, 5) is 13.2. The van der Waals surface area contributed by atoms with Crippen LogP contribution in [-0.4, -0.2) is 85.3 Å². The van der Waals surface area contributed by atoms with Gasteiger partial charge in [-0.25, -0.2) is 0 Å². The third kappa shape index (κ3) is 12.9. The van der Waals surface area contributed by atoms with E-state index in [1.807, 2.05) is 27.7 Å². The molecule has 0 atom stereocenters. The average Bonchev–Trinajstić information content (AvgIpc) is 2.78. The molecule has 1 heterocycles. The lowest BCUT2D eigenvalue weighted by Gasteiger charge is -2.17. The molecule has 0 aliphatic carbocycles. The molecule has 32 heavy (non-hydrogen) atoms. The smallest absolute Gasteiger partial charge is 0.229 e. The van der Waals surface area contributed by atoms with Gasteiger partial charge in [-0.3, -0.25) is 0 Å². The average molecular weight is 459 g/mol. The maximum absolute atomic E-state index is 9.08. The summed E-state index contributed by atoms with van der Waals surface area (Å²) in [5.41, 5.74) is 0. The number of nitrogens with one attached hydrogen (secondary N) is 3. The van der Waals surface area contributed by atoms with Crippen LogP contribution < -0.4 is 16.0 Å². The van der Waals surface area contributed by atoms with Crippen LogP contribution in [0.5, 0.6) is 0 Å². The molecule has 0 aliphatic rings. The molecule has 0 saturated heterocycles. The van der Waals surface area contributed by atoms with Gasteiger partial charge in [0.25, 0.3) is 0 Å². The van der Waals surface area contributed by atoms with Crippen molar-refractivity contribution in [1.82, 2.24) is 15.0 Å². The standard InChI is InChI=1S/C21H42N6O5/c1-5-29-17(30-6-2)11-9-13-22-19-25-20(27-21(26-19)24-15-16-28)23-14-10-12-18(31-7-3)32-8-4/h17-18,28H,5-16H2,1-4H3,(H3,22,23,24,25,26,27). The Bertz CT molecular complexity index is 529. The van der Waals surface area contributed by atoms with Crippen molar-refractivity contribution in [2.45, 2.75) is 66.0 Å². The highest BCUT2D eigenvalue weighted by atomic mass is 16.7. The first-order valence-electron chi connectivity index (χ1n) is 11.7. The van der Waals surface area contributed by atoms with Crippen LogP contribution in [0.1, 0.15) is 53.4 Å². The molecule has 0 aliphatic heterocycles. The highest BCUT2D eigenvalue weighted by Crippen LogP contribution is 2.12. The fourth-order valence-electron chi connectivity index (χ4n) is 2.89. The lowest BCUT2D eigenvalue weighted by molar-refractivity contribution is -0.139. The number of hydrogen-bond acceptors (Lipinski definition) is 11. The van der Waals surface area contributed by atoms with Crippen molar-refractivity contribution < 1.29 is 24.1 Å². The van der Waals surface area contributed by atoms with Crippen molar-refractivity contribution in [2.24, 2.45) is 0 Å². The number of aliphatic hydroxyl groups is 1. The van der Waals surface area contributed by atoms with Crippen LogP contribution in [0, 0.1) is 0 Å². The molecule has 11 nitrogen and oxygen atoms in total. The molecule has 0 fully saturated rings. The number of rotatable bonds is 21. The minimum absolute atomic E-state index is 0.0102. The van der Waals surface area contributed by atoms with E-state index in [0.717, 1.165) is 25.7 Å². The quantitative estimate of drug-likeness (QED) is 0.160. The second-order valence-electron chi connectivity index (χ2n) is 6.78. The molecule has 0 spiro atoms. The molecular weight excluding hydrogens is 416 g/mol. The number of ether oxygens (including phenoxy) is 4. The van der Waals surface area contributed by atoms with Crippen molar-refractivity contribution >= 4 is 17.8 Å². The molecule has 0 aromatic carbocycles. The molecule has 0 amide bonds. The normalized spacial score (nSPS) is 11.3. The van der Waals surface area contributed by atoms with Crippen molar-refractivity contribution in [1.29, 1.82) is 0 Å². The lowest BCUT2D eigenvalue weighted by Crippen LogP contribution is -2.20. The fourth-order valence-corrected chi connectivity index (χ4v) is 2.89. The Kier molecular flexibility index (Phi) is 16.5. The molecule has 1 aromatic rings. The van der Waals surface area contributed by atoms with Crippen LogP contribution in [0.15, 0.2) is 0 Å². The molecule has 0 saturated carbocycles. The molecular formula is C21H42N6O5. The van der Waals surface area contributed by atoms with E-state index in [-0.39, 0.29) is 19.2 Å². The van der Waals surface area contributed by atoms with Gasteiger partial charge in [0.2, 0.25) is 17.8 Å². The van der Waals surface area contributed by atoms with E-state index in [1.54, 1.807) is 0 Å². The number of anilines is 3. The van der Waals surface area contributed by atoms with Gasteiger partial charge in [-0.1, -0.05) is 0 Å². The van der Waals surface area contributed by atoms with E-state index in [2.05, 4.69) is 30.9 Å². The fraction of sp³-hybridized carbons (Fsp3) is 0.857. The van der Waals surface area contributed by atoms with E-state index in [1.165, 1.54) is 0 Å². The predicted octanol–water partition coefficient (Wildman–Crippen LogP) is 2.46. The summed E-state index contributed by atoms with van der Waals surface area (Å²) in [7, 11) is 0. The SMILES string of the molecule is CCOC(CCCNc1nc(NCCO)nc(NCCCC(OCC)OCC)n1)OCC. The number of hydrogen-bond donors (Lipinski definition) is 4. The van der Waals surface area contributed by atoms with Gasteiger partial charge in [-0.15, -0.1) is 0 Å². The van der Waals surface area contributed by atoms with E-state index >= 15 is 0 Å². The highest BCUT2D eigenvalue weighted by Gasteiger charge is 2.10. The van der Waals surface area contributed by atoms with Crippen LogP contribution >= 0.6 is 0 Å². The maximum Gasteiger partial charge on any atom is 0.229 e. The van der Waals surface area contributed by atoms with Gasteiger partial charge >= 0.3 is 0 Å². The Labute approximate surface area is 192 Å².